The molecule has 0 aliphatic heterocycles. The van der Waals surface area contributed by atoms with Crippen molar-refractivity contribution in [1.82, 2.24) is 0 Å². The number of rotatable bonds is 3. The van der Waals surface area contributed by atoms with Crippen LogP contribution >= 0.6 is 0 Å². The highest BCUT2D eigenvalue weighted by molar-refractivity contribution is 5.72. The molecule has 1 aromatic carbocycles. The lowest BCUT2D eigenvalue weighted by Crippen LogP contribution is -1.95. The van der Waals surface area contributed by atoms with Crippen LogP contribution in [0.1, 0.15) is 6.92 Å². The molecule has 1 aromatic heterocycles. The lowest BCUT2D eigenvalue weighted by atomic mass is 10.1. The number of nitrogens with two attached hydrogens (primary N) is 1. The molecule has 0 atom stereocenters. The molecule has 2 rings (SSSR count). The van der Waals surface area contributed by atoms with Gasteiger partial charge in [0.1, 0.15) is 5.75 Å². The second-order valence-corrected chi connectivity index (χ2v) is 3.20. The molecule has 0 radical (unpaired) electrons. The highest BCUT2D eigenvalue weighted by atomic mass is 16.5. The summed E-state index contributed by atoms with van der Waals surface area (Å²) >= 11 is 0. The maximum absolute atomic E-state index is 5.71. The Morgan fingerprint density at radius 3 is 2.87 bits per heavy atom. The second kappa shape index (κ2) is 4.09. The molecule has 2 N–H and O–H groups in total. The molecule has 0 aliphatic carbocycles. The molecule has 0 aliphatic rings. The minimum absolute atomic E-state index is 0.619. The van der Waals surface area contributed by atoms with Gasteiger partial charge in [0.2, 0.25) is 0 Å². The number of furan rings is 1. The van der Waals surface area contributed by atoms with E-state index in [0.29, 0.717) is 12.3 Å². The van der Waals surface area contributed by atoms with Crippen molar-refractivity contribution in [2.24, 2.45) is 0 Å². The van der Waals surface area contributed by atoms with Gasteiger partial charge in [-0.05, 0) is 25.1 Å². The van der Waals surface area contributed by atoms with E-state index in [4.69, 9.17) is 14.9 Å². The van der Waals surface area contributed by atoms with Gasteiger partial charge in [0, 0.05) is 22.9 Å². The Labute approximate surface area is 88.5 Å². The Balaban J connectivity index is 2.46. The molecule has 0 saturated heterocycles. The second-order valence-electron chi connectivity index (χ2n) is 3.20. The van der Waals surface area contributed by atoms with Crippen molar-refractivity contribution in [3.63, 3.8) is 0 Å². The van der Waals surface area contributed by atoms with Gasteiger partial charge in [-0.1, -0.05) is 0 Å². The van der Waals surface area contributed by atoms with Crippen molar-refractivity contribution < 1.29 is 9.15 Å². The van der Waals surface area contributed by atoms with Crippen molar-refractivity contribution >= 4 is 5.69 Å². The molecular formula is C12H13NO2. The molecular weight excluding hydrogens is 190 g/mol. The highest BCUT2D eigenvalue weighted by Crippen LogP contribution is 2.31. The molecule has 3 heteroatoms. The van der Waals surface area contributed by atoms with E-state index in [2.05, 4.69) is 0 Å². The fourth-order valence-corrected chi connectivity index (χ4v) is 1.47. The summed E-state index contributed by atoms with van der Waals surface area (Å²) in [7, 11) is 0. The topological polar surface area (TPSA) is 48.4 Å². The van der Waals surface area contributed by atoms with E-state index in [1.165, 1.54) is 0 Å². The lowest BCUT2D eigenvalue weighted by Gasteiger charge is -2.09. The maximum Gasteiger partial charge on any atom is 0.129 e. The number of hydrogen-bond donors (Lipinski definition) is 1. The average molecular weight is 203 g/mol. The zero-order chi connectivity index (χ0) is 10.7. The van der Waals surface area contributed by atoms with Crippen LogP contribution < -0.4 is 10.5 Å². The fourth-order valence-electron chi connectivity index (χ4n) is 1.47. The molecule has 78 valence electrons. The first-order valence-corrected chi connectivity index (χ1v) is 4.86. The van der Waals surface area contributed by atoms with E-state index in [1.54, 1.807) is 12.5 Å². The lowest BCUT2D eigenvalue weighted by molar-refractivity contribution is 0.342. The number of ether oxygens (including phenoxy) is 1. The third-order valence-corrected chi connectivity index (χ3v) is 2.14. The summed E-state index contributed by atoms with van der Waals surface area (Å²) in [6.07, 6.45) is 3.33. The highest BCUT2D eigenvalue weighted by Gasteiger charge is 2.07. The van der Waals surface area contributed by atoms with Crippen molar-refractivity contribution in [2.45, 2.75) is 6.92 Å². The van der Waals surface area contributed by atoms with Gasteiger partial charge in [-0.15, -0.1) is 0 Å². The average Bonchev–Trinajstić information content (AvgIpc) is 2.71. The largest absolute Gasteiger partial charge is 0.493 e. The number of nitrogen functional groups attached to an aromatic ring is 1. The molecule has 2 aromatic rings. The van der Waals surface area contributed by atoms with Crippen molar-refractivity contribution in [2.75, 3.05) is 12.3 Å². The van der Waals surface area contributed by atoms with Gasteiger partial charge in [0.25, 0.3) is 0 Å². The van der Waals surface area contributed by atoms with E-state index in [9.17, 15) is 0 Å². The van der Waals surface area contributed by atoms with Crippen LogP contribution in [0.2, 0.25) is 0 Å². The van der Waals surface area contributed by atoms with E-state index in [1.807, 2.05) is 31.2 Å². The van der Waals surface area contributed by atoms with E-state index in [0.717, 1.165) is 16.9 Å². The normalized spacial score (nSPS) is 10.2. The monoisotopic (exact) mass is 203 g/mol. The zero-order valence-electron chi connectivity index (χ0n) is 8.57. The maximum atomic E-state index is 5.71. The Morgan fingerprint density at radius 1 is 1.33 bits per heavy atom. The summed E-state index contributed by atoms with van der Waals surface area (Å²) in [6.45, 7) is 2.57. The fraction of sp³-hybridized carbons (Fsp3) is 0.167. The number of benzene rings is 1. The van der Waals surface area contributed by atoms with Crippen LogP contribution in [0.3, 0.4) is 0 Å². The van der Waals surface area contributed by atoms with Gasteiger partial charge in [0.15, 0.2) is 0 Å². The SMILES string of the molecule is CCOc1cc(N)ccc1-c1ccoc1. The van der Waals surface area contributed by atoms with Crippen LogP contribution in [0.25, 0.3) is 11.1 Å². The summed E-state index contributed by atoms with van der Waals surface area (Å²) in [4.78, 5) is 0. The zero-order valence-corrected chi connectivity index (χ0v) is 8.57. The Morgan fingerprint density at radius 2 is 2.20 bits per heavy atom. The molecule has 3 nitrogen and oxygen atoms in total. The third kappa shape index (κ3) is 1.96. The van der Waals surface area contributed by atoms with E-state index in [-0.39, 0.29) is 0 Å². The molecule has 0 amide bonds. The molecule has 0 unspecified atom stereocenters. The Bertz CT molecular complexity index is 435. The summed E-state index contributed by atoms with van der Waals surface area (Å²) < 4.78 is 10.6. The summed E-state index contributed by atoms with van der Waals surface area (Å²) in [5.74, 6) is 0.791. The summed E-state index contributed by atoms with van der Waals surface area (Å²) in [5.41, 5.74) is 8.41. The first-order chi connectivity index (χ1) is 7.31. The van der Waals surface area contributed by atoms with Gasteiger partial charge < -0.3 is 14.9 Å². The predicted molar refractivity (Wildman–Crippen MR) is 59.7 cm³/mol. The van der Waals surface area contributed by atoms with Crippen LogP contribution in [0, 0.1) is 0 Å². The smallest absolute Gasteiger partial charge is 0.129 e. The first-order valence-electron chi connectivity index (χ1n) is 4.86. The molecule has 0 fully saturated rings. The molecule has 0 saturated carbocycles. The number of hydrogen-bond acceptors (Lipinski definition) is 3. The van der Waals surface area contributed by atoms with Crippen molar-refractivity contribution in [3.8, 4) is 16.9 Å². The van der Waals surface area contributed by atoms with Crippen LogP contribution in [0.5, 0.6) is 5.75 Å². The number of anilines is 1. The first kappa shape index (κ1) is 9.65. The van der Waals surface area contributed by atoms with Gasteiger partial charge in [-0.2, -0.15) is 0 Å². The standard InChI is InChI=1S/C12H13NO2/c1-2-15-12-7-10(13)3-4-11(12)9-5-6-14-8-9/h3-8H,2,13H2,1H3. The Kier molecular flexibility index (Phi) is 2.63. The minimum atomic E-state index is 0.619. The quantitative estimate of drug-likeness (QED) is 0.780. The van der Waals surface area contributed by atoms with Crippen LogP contribution in [-0.4, -0.2) is 6.61 Å². The van der Waals surface area contributed by atoms with Crippen LogP contribution in [0.15, 0.2) is 41.2 Å². The minimum Gasteiger partial charge on any atom is -0.493 e. The van der Waals surface area contributed by atoms with Gasteiger partial charge in [-0.25, -0.2) is 0 Å². The predicted octanol–water partition coefficient (Wildman–Crippen LogP) is 2.93. The molecule has 0 bridgehead atoms. The Hall–Kier alpha value is -1.90. The van der Waals surface area contributed by atoms with Crippen LogP contribution in [-0.2, 0) is 0 Å². The van der Waals surface area contributed by atoms with E-state index < -0.39 is 0 Å². The summed E-state index contributed by atoms with van der Waals surface area (Å²) in [6, 6.07) is 7.51. The van der Waals surface area contributed by atoms with Gasteiger partial charge >= 0.3 is 0 Å². The molecule has 15 heavy (non-hydrogen) atoms. The van der Waals surface area contributed by atoms with Gasteiger partial charge in [-0.3, -0.25) is 0 Å². The molecule has 1 heterocycles. The molecule has 0 spiro atoms. The van der Waals surface area contributed by atoms with Crippen molar-refractivity contribution in [1.29, 1.82) is 0 Å². The van der Waals surface area contributed by atoms with Gasteiger partial charge in [0.05, 0.1) is 19.1 Å². The third-order valence-electron chi connectivity index (χ3n) is 2.14. The summed E-state index contributed by atoms with van der Waals surface area (Å²) in [5, 5.41) is 0. The van der Waals surface area contributed by atoms with Crippen LogP contribution in [0.4, 0.5) is 5.69 Å². The van der Waals surface area contributed by atoms with E-state index >= 15 is 0 Å². The van der Waals surface area contributed by atoms with Crippen molar-refractivity contribution in [3.05, 3.63) is 36.8 Å².